The van der Waals surface area contributed by atoms with E-state index in [-0.39, 0.29) is 17.7 Å². The number of quaternary nitrogens is 1. The van der Waals surface area contributed by atoms with Gasteiger partial charge in [0.05, 0.1) is 5.69 Å². The van der Waals surface area contributed by atoms with Gasteiger partial charge in [-0.3, -0.25) is 9.52 Å². The summed E-state index contributed by atoms with van der Waals surface area (Å²) < 4.78 is 39.6. The standard InChI is InChI=1S/C21H23N3O5S.H3N/c1-2-17-14-29-21(23-17)19(16-6-4-3-5-7-16)20(25)22-13-12-15-8-10-18(11-9-15)24-30(26,27)28;/h3-11,14,19,24H,2,12-13H2,1H3,(H,22,25)(H,26,27,28);1H3/t19-;/m1./s1. The summed E-state index contributed by atoms with van der Waals surface area (Å²) in [5.74, 6) is -0.522. The molecule has 0 aliphatic heterocycles. The summed E-state index contributed by atoms with van der Waals surface area (Å²) in [7, 11) is -4.55. The molecule has 1 amide bonds. The minimum atomic E-state index is -4.55. The monoisotopic (exact) mass is 446 g/mol. The number of hydrogen-bond donors (Lipinski definition) is 3. The minimum absolute atomic E-state index is 0. The molecule has 0 aliphatic carbocycles. The van der Waals surface area contributed by atoms with E-state index in [0.29, 0.717) is 25.3 Å². The fourth-order valence-corrected chi connectivity index (χ4v) is 3.41. The molecule has 9 nitrogen and oxygen atoms in total. The zero-order chi connectivity index (χ0) is 21.6. The highest BCUT2D eigenvalue weighted by molar-refractivity contribution is 7.87. The molecule has 0 aliphatic rings. The van der Waals surface area contributed by atoms with Gasteiger partial charge in [-0.1, -0.05) is 49.4 Å². The molecule has 0 fully saturated rings. The quantitative estimate of drug-likeness (QED) is 0.428. The summed E-state index contributed by atoms with van der Waals surface area (Å²) >= 11 is 0. The molecule has 0 saturated heterocycles. The van der Waals surface area contributed by atoms with Crippen LogP contribution in [0.3, 0.4) is 0 Å². The molecule has 1 aromatic heterocycles. The maximum absolute atomic E-state index is 12.9. The van der Waals surface area contributed by atoms with Crippen molar-refractivity contribution in [2.45, 2.75) is 25.7 Å². The van der Waals surface area contributed by atoms with Gasteiger partial charge in [0, 0.05) is 12.2 Å². The zero-order valence-corrected chi connectivity index (χ0v) is 18.2. The molecule has 3 aromatic rings. The topological polar surface area (TPSA) is 161 Å². The van der Waals surface area contributed by atoms with Crippen molar-refractivity contribution in [1.82, 2.24) is 16.5 Å². The number of anilines is 1. The molecule has 3 rings (SSSR count). The highest BCUT2D eigenvalue weighted by Crippen LogP contribution is 2.24. The molecule has 0 bridgehead atoms. The van der Waals surface area contributed by atoms with E-state index < -0.39 is 16.2 Å². The van der Waals surface area contributed by atoms with E-state index in [1.165, 1.54) is 12.1 Å². The Kier molecular flexibility index (Phi) is 8.31. The highest BCUT2D eigenvalue weighted by Gasteiger charge is 2.27. The molecule has 10 heteroatoms. The van der Waals surface area contributed by atoms with Crippen LogP contribution in [0.4, 0.5) is 5.69 Å². The van der Waals surface area contributed by atoms with Crippen molar-refractivity contribution >= 4 is 21.9 Å². The maximum atomic E-state index is 12.9. The fraction of sp³-hybridized carbons (Fsp3) is 0.238. The first-order valence-electron chi connectivity index (χ1n) is 9.45. The zero-order valence-electron chi connectivity index (χ0n) is 17.4. The van der Waals surface area contributed by atoms with Gasteiger partial charge in [0.1, 0.15) is 12.2 Å². The Morgan fingerprint density at radius 1 is 1.13 bits per heavy atom. The SMILES string of the molecule is CCc1coc([C@@H](C(=O)NCCc2ccc(NS(=O)(=O)[O-])cc2)c2ccccc2)n1.[NH4+]. The summed E-state index contributed by atoms with van der Waals surface area (Å²) in [6.07, 6.45) is 2.81. The largest absolute Gasteiger partial charge is 0.731 e. The van der Waals surface area contributed by atoms with Crippen LogP contribution in [0, 0.1) is 0 Å². The lowest BCUT2D eigenvalue weighted by atomic mass is 9.98. The number of hydrogen-bond acceptors (Lipinski definition) is 6. The van der Waals surface area contributed by atoms with E-state index in [9.17, 15) is 17.8 Å². The average Bonchev–Trinajstić information content (AvgIpc) is 3.18. The molecular formula is C21H26N4O5S. The maximum Gasteiger partial charge on any atom is 0.237 e. The lowest BCUT2D eigenvalue weighted by Gasteiger charge is -2.15. The fourth-order valence-electron chi connectivity index (χ4n) is 2.99. The van der Waals surface area contributed by atoms with E-state index in [2.05, 4.69) is 10.3 Å². The van der Waals surface area contributed by atoms with E-state index in [1.807, 2.05) is 42.0 Å². The van der Waals surface area contributed by atoms with Gasteiger partial charge in [-0.25, -0.2) is 13.4 Å². The summed E-state index contributed by atoms with van der Waals surface area (Å²) in [4.78, 5) is 17.3. The highest BCUT2D eigenvalue weighted by atomic mass is 32.2. The molecule has 2 aromatic carbocycles. The van der Waals surface area contributed by atoms with Crippen LogP contribution >= 0.6 is 0 Å². The number of nitrogens with zero attached hydrogens (tertiary/aromatic N) is 1. The number of nitrogens with one attached hydrogen (secondary N) is 2. The Hall–Kier alpha value is -3.21. The van der Waals surface area contributed by atoms with Gasteiger partial charge in [-0.05, 0) is 36.1 Å². The van der Waals surface area contributed by atoms with Crippen molar-refractivity contribution in [3.8, 4) is 0 Å². The molecule has 0 spiro atoms. The first-order chi connectivity index (χ1) is 14.4. The number of amides is 1. The Bertz CT molecular complexity index is 1080. The third-order valence-corrected chi connectivity index (χ3v) is 4.97. The summed E-state index contributed by atoms with van der Waals surface area (Å²) in [5.41, 5.74) is 2.64. The molecule has 0 radical (unpaired) electrons. The van der Waals surface area contributed by atoms with Crippen LogP contribution in [0.25, 0.3) is 0 Å². The van der Waals surface area contributed by atoms with Crippen LogP contribution in [-0.4, -0.2) is 30.4 Å². The van der Waals surface area contributed by atoms with Crippen LogP contribution < -0.4 is 16.2 Å². The van der Waals surface area contributed by atoms with E-state index >= 15 is 0 Å². The Labute approximate surface area is 181 Å². The van der Waals surface area contributed by atoms with Crippen LogP contribution in [0.5, 0.6) is 0 Å². The lowest BCUT2D eigenvalue weighted by Crippen LogP contribution is -2.31. The van der Waals surface area contributed by atoms with Crippen molar-refractivity contribution < 1.29 is 22.2 Å². The second kappa shape index (κ2) is 10.7. The van der Waals surface area contributed by atoms with Crippen molar-refractivity contribution in [3.63, 3.8) is 0 Å². The second-order valence-electron chi connectivity index (χ2n) is 6.67. The normalized spacial score (nSPS) is 11.9. The molecule has 6 N–H and O–H groups in total. The number of aromatic nitrogens is 1. The third-order valence-electron chi connectivity index (χ3n) is 4.48. The van der Waals surface area contributed by atoms with Crippen molar-refractivity contribution in [1.29, 1.82) is 0 Å². The Morgan fingerprint density at radius 3 is 2.39 bits per heavy atom. The summed E-state index contributed by atoms with van der Waals surface area (Å²) in [6.45, 7) is 2.34. The number of carbonyl (C=O) groups is 1. The molecule has 1 heterocycles. The first kappa shape index (κ1) is 24.1. The number of aryl methyl sites for hydroxylation is 1. The second-order valence-corrected chi connectivity index (χ2v) is 7.78. The number of oxazole rings is 1. The molecule has 1 atom stereocenters. The Balaban J connectivity index is 0.00000341. The smallest absolute Gasteiger partial charge is 0.237 e. The van der Waals surface area contributed by atoms with Crippen molar-refractivity contribution in [2.24, 2.45) is 0 Å². The van der Waals surface area contributed by atoms with Gasteiger partial charge >= 0.3 is 0 Å². The molecular weight excluding hydrogens is 420 g/mol. The molecule has 31 heavy (non-hydrogen) atoms. The van der Waals surface area contributed by atoms with Crippen molar-refractivity contribution in [2.75, 3.05) is 11.3 Å². The van der Waals surface area contributed by atoms with Crippen molar-refractivity contribution in [3.05, 3.63) is 83.6 Å². The molecule has 0 saturated carbocycles. The summed E-state index contributed by atoms with van der Waals surface area (Å²) in [6, 6.07) is 15.7. The van der Waals surface area contributed by atoms with E-state index in [1.54, 1.807) is 18.4 Å². The minimum Gasteiger partial charge on any atom is -0.731 e. The molecule has 166 valence electrons. The predicted octanol–water partition coefficient (Wildman–Crippen LogP) is 2.98. The number of carbonyl (C=O) groups excluding carboxylic acids is 1. The lowest BCUT2D eigenvalue weighted by molar-refractivity contribution is -0.122. The van der Waals surface area contributed by atoms with Gasteiger partial charge in [0.2, 0.25) is 11.8 Å². The predicted molar refractivity (Wildman–Crippen MR) is 117 cm³/mol. The Morgan fingerprint density at radius 2 is 1.81 bits per heavy atom. The third kappa shape index (κ3) is 6.92. The van der Waals surface area contributed by atoms with E-state index in [0.717, 1.165) is 16.8 Å². The van der Waals surface area contributed by atoms with Gasteiger partial charge in [-0.15, -0.1) is 0 Å². The number of rotatable bonds is 9. The van der Waals surface area contributed by atoms with E-state index in [4.69, 9.17) is 4.42 Å². The van der Waals surface area contributed by atoms with Gasteiger partial charge in [-0.2, -0.15) is 0 Å². The molecule has 0 unspecified atom stereocenters. The number of benzene rings is 2. The van der Waals surface area contributed by atoms with Gasteiger partial charge < -0.3 is 20.4 Å². The first-order valence-corrected chi connectivity index (χ1v) is 10.9. The van der Waals surface area contributed by atoms with Crippen LogP contribution in [0.15, 0.2) is 65.3 Å². The summed E-state index contributed by atoms with van der Waals surface area (Å²) in [5, 5.41) is 2.91. The van der Waals surface area contributed by atoms with Crippen LogP contribution in [-0.2, 0) is 27.9 Å². The van der Waals surface area contributed by atoms with Gasteiger partial charge in [0.15, 0.2) is 10.3 Å². The van der Waals surface area contributed by atoms with Gasteiger partial charge in [0.25, 0.3) is 0 Å². The average molecular weight is 447 g/mol. The van der Waals surface area contributed by atoms with Crippen LogP contribution in [0.1, 0.15) is 35.6 Å². The van der Waals surface area contributed by atoms with Crippen LogP contribution in [0.2, 0.25) is 0 Å².